The standard InChI is InChI=1S/C44H53Cl2N5O5/c1-25(2)18-37(52)47-14-13-30-21-31(23-32(22-30)44(54)55)24-50-15-9-16-51-41-35(11-12-36(45)39(41)38-28(5)48-49(7)29(38)6)34(42(51)43(50)53)10-8-17-56-33-19-26(3)40(46)27(4)20-33/h11-12,19-23,25,37,47,52H,8-10,13-18,24H2,1-7H3,(H,54,55). The van der Waals surface area contributed by atoms with Crippen LogP contribution in [0.25, 0.3) is 22.0 Å². The van der Waals surface area contributed by atoms with E-state index in [1.54, 1.807) is 12.1 Å². The molecule has 1 unspecified atom stereocenters. The summed E-state index contributed by atoms with van der Waals surface area (Å²) in [6, 6.07) is 13.1. The largest absolute Gasteiger partial charge is 0.494 e. The molecule has 10 nitrogen and oxygen atoms in total. The molecule has 1 aliphatic heterocycles. The van der Waals surface area contributed by atoms with Gasteiger partial charge in [-0.1, -0.05) is 49.2 Å². The first-order valence-corrected chi connectivity index (χ1v) is 20.2. The van der Waals surface area contributed by atoms with E-state index in [2.05, 4.69) is 23.7 Å². The van der Waals surface area contributed by atoms with Crippen molar-refractivity contribution in [1.82, 2.24) is 24.6 Å². The van der Waals surface area contributed by atoms with Crippen molar-refractivity contribution in [3.63, 3.8) is 0 Å². The van der Waals surface area contributed by atoms with E-state index < -0.39 is 12.2 Å². The molecule has 3 N–H and O–H groups in total. The van der Waals surface area contributed by atoms with E-state index >= 15 is 0 Å². The number of aromatic nitrogens is 3. The van der Waals surface area contributed by atoms with Crippen LogP contribution in [0, 0.1) is 33.6 Å². The minimum atomic E-state index is -1.03. The second-order valence-corrected chi connectivity index (χ2v) is 16.3. The number of carbonyl (C=O) groups excluding carboxylic acids is 1. The fraction of sp³-hybridized carbons (Fsp3) is 0.432. The molecule has 6 rings (SSSR count). The maximum Gasteiger partial charge on any atom is 0.335 e. The fourth-order valence-corrected chi connectivity index (χ4v) is 8.45. The highest BCUT2D eigenvalue weighted by Crippen LogP contribution is 2.43. The second kappa shape index (κ2) is 17.4. The molecule has 0 radical (unpaired) electrons. The van der Waals surface area contributed by atoms with E-state index in [4.69, 9.17) is 33.0 Å². The summed E-state index contributed by atoms with van der Waals surface area (Å²) in [4.78, 5) is 29.0. The number of ether oxygens (including phenoxy) is 1. The number of aliphatic hydroxyl groups is 1. The number of nitrogens with zero attached hydrogens (tertiary/aromatic N) is 4. The number of nitrogens with one attached hydrogen (secondary N) is 1. The Labute approximate surface area is 339 Å². The molecule has 3 aromatic carbocycles. The van der Waals surface area contributed by atoms with Crippen LogP contribution in [0.1, 0.15) is 93.2 Å². The van der Waals surface area contributed by atoms with Crippen LogP contribution in [0.15, 0.2) is 42.5 Å². The number of aliphatic hydroxyl groups excluding tert-OH is 1. The van der Waals surface area contributed by atoms with Gasteiger partial charge in [-0.15, -0.1) is 0 Å². The number of fused-ring (bicyclic) bond motifs is 3. The summed E-state index contributed by atoms with van der Waals surface area (Å²) >= 11 is 13.5. The van der Waals surface area contributed by atoms with Crippen molar-refractivity contribution in [2.75, 3.05) is 19.7 Å². The van der Waals surface area contributed by atoms with Gasteiger partial charge in [0, 0.05) is 60.5 Å². The molecule has 0 aliphatic carbocycles. The molecule has 12 heteroatoms. The number of benzene rings is 3. The predicted molar refractivity (Wildman–Crippen MR) is 223 cm³/mol. The Morgan fingerprint density at radius 3 is 2.36 bits per heavy atom. The lowest BCUT2D eigenvalue weighted by Gasteiger charge is -2.22. The molecule has 3 heterocycles. The van der Waals surface area contributed by atoms with Crippen molar-refractivity contribution < 1.29 is 24.5 Å². The zero-order valence-corrected chi connectivity index (χ0v) is 34.9. The average molecular weight is 803 g/mol. The number of carboxylic acid groups (broad SMARTS) is 1. The molecule has 298 valence electrons. The van der Waals surface area contributed by atoms with Gasteiger partial charge in [0.15, 0.2) is 0 Å². The number of carboxylic acids is 1. The summed E-state index contributed by atoms with van der Waals surface area (Å²) in [7, 11) is 1.92. The monoisotopic (exact) mass is 801 g/mol. The lowest BCUT2D eigenvalue weighted by Crippen LogP contribution is -2.32. The van der Waals surface area contributed by atoms with Gasteiger partial charge in [0.1, 0.15) is 17.7 Å². The number of aromatic carboxylic acids is 1. The van der Waals surface area contributed by atoms with Gasteiger partial charge in [-0.2, -0.15) is 5.10 Å². The second-order valence-electron chi connectivity index (χ2n) is 15.6. The third-order valence-electron chi connectivity index (χ3n) is 10.7. The van der Waals surface area contributed by atoms with Gasteiger partial charge in [0.2, 0.25) is 0 Å². The first-order valence-electron chi connectivity index (χ1n) is 19.4. The van der Waals surface area contributed by atoms with Crippen molar-refractivity contribution in [3.05, 3.63) is 103 Å². The van der Waals surface area contributed by atoms with Crippen molar-refractivity contribution in [2.45, 2.75) is 93.0 Å². The van der Waals surface area contributed by atoms with Gasteiger partial charge in [-0.05, 0) is 124 Å². The van der Waals surface area contributed by atoms with E-state index in [9.17, 15) is 19.8 Å². The highest BCUT2D eigenvalue weighted by atomic mass is 35.5. The number of halogens is 2. The number of hydrogen-bond acceptors (Lipinski definition) is 6. The van der Waals surface area contributed by atoms with E-state index in [1.807, 2.05) is 74.7 Å². The predicted octanol–water partition coefficient (Wildman–Crippen LogP) is 8.83. The molecule has 1 amide bonds. The summed E-state index contributed by atoms with van der Waals surface area (Å²) in [6.07, 6.45) is 2.47. The summed E-state index contributed by atoms with van der Waals surface area (Å²) in [5.41, 5.74) is 9.81. The molecular weight excluding hydrogens is 749 g/mol. The lowest BCUT2D eigenvalue weighted by atomic mass is 9.98. The van der Waals surface area contributed by atoms with Crippen LogP contribution < -0.4 is 10.1 Å². The van der Waals surface area contributed by atoms with Crippen molar-refractivity contribution >= 4 is 46.0 Å². The van der Waals surface area contributed by atoms with Gasteiger partial charge in [0.25, 0.3) is 5.91 Å². The minimum absolute atomic E-state index is 0.110. The summed E-state index contributed by atoms with van der Waals surface area (Å²) in [6.45, 7) is 14.3. The van der Waals surface area contributed by atoms with Gasteiger partial charge in [-0.3, -0.25) is 14.8 Å². The van der Waals surface area contributed by atoms with Gasteiger partial charge >= 0.3 is 5.97 Å². The van der Waals surface area contributed by atoms with Crippen molar-refractivity contribution in [1.29, 1.82) is 0 Å². The molecule has 0 bridgehead atoms. The normalized spacial score (nSPS) is 13.8. The number of amides is 1. The zero-order chi connectivity index (χ0) is 40.4. The van der Waals surface area contributed by atoms with E-state index in [0.717, 1.165) is 72.0 Å². The summed E-state index contributed by atoms with van der Waals surface area (Å²) in [5.74, 6) is -0.0364. The molecule has 1 atom stereocenters. The maximum absolute atomic E-state index is 15.0. The first-order chi connectivity index (χ1) is 26.6. The third kappa shape index (κ3) is 8.79. The third-order valence-corrected chi connectivity index (χ3v) is 11.7. The number of carbonyl (C=O) groups is 2. The van der Waals surface area contributed by atoms with E-state index in [0.29, 0.717) is 75.0 Å². The van der Waals surface area contributed by atoms with Crippen LogP contribution in [0.3, 0.4) is 0 Å². The molecule has 0 fully saturated rings. The van der Waals surface area contributed by atoms with Crippen LogP contribution in [0.4, 0.5) is 0 Å². The number of hydrogen-bond donors (Lipinski definition) is 3. The first kappa shape index (κ1) is 41.3. The van der Waals surface area contributed by atoms with Gasteiger partial charge in [-0.25, -0.2) is 4.79 Å². The zero-order valence-electron chi connectivity index (χ0n) is 33.4. The Hall–Kier alpha value is -4.35. The summed E-state index contributed by atoms with van der Waals surface area (Å²) < 4.78 is 10.2. The van der Waals surface area contributed by atoms with Crippen LogP contribution in [0.5, 0.6) is 5.75 Å². The molecular formula is C44H53Cl2N5O5. The Morgan fingerprint density at radius 2 is 1.70 bits per heavy atom. The quantitative estimate of drug-likeness (QED) is 0.0715. The minimum Gasteiger partial charge on any atom is -0.494 e. The molecule has 0 saturated heterocycles. The van der Waals surface area contributed by atoms with Crippen molar-refractivity contribution in [2.24, 2.45) is 13.0 Å². The highest BCUT2D eigenvalue weighted by molar-refractivity contribution is 6.35. The molecule has 0 spiro atoms. The lowest BCUT2D eigenvalue weighted by molar-refractivity contribution is 0.0696. The average Bonchev–Trinajstić information content (AvgIpc) is 3.51. The molecule has 2 aromatic heterocycles. The van der Waals surface area contributed by atoms with Crippen LogP contribution >= 0.6 is 23.2 Å². The van der Waals surface area contributed by atoms with Crippen LogP contribution in [-0.2, 0) is 33.0 Å². The Bertz CT molecular complexity index is 2250. The van der Waals surface area contributed by atoms with Gasteiger partial charge < -0.3 is 24.4 Å². The fourth-order valence-electron chi connectivity index (χ4n) is 8.09. The highest BCUT2D eigenvalue weighted by Gasteiger charge is 2.32. The van der Waals surface area contributed by atoms with Crippen LogP contribution in [0.2, 0.25) is 10.0 Å². The molecule has 56 heavy (non-hydrogen) atoms. The summed E-state index contributed by atoms with van der Waals surface area (Å²) in [5, 5.41) is 30.5. The maximum atomic E-state index is 15.0. The smallest absolute Gasteiger partial charge is 0.335 e. The SMILES string of the molecule is Cc1cc(OCCCc2c3n(c4c(-c5c(C)nn(C)c5C)c(Cl)ccc24)CCCN(Cc2cc(CCNC(O)CC(C)C)cc(C(=O)O)c2)C3=O)cc(C)c1Cl. The van der Waals surface area contributed by atoms with Gasteiger partial charge in [0.05, 0.1) is 28.4 Å². The number of rotatable bonds is 15. The number of aryl methyl sites for hydroxylation is 6. The Kier molecular flexibility index (Phi) is 12.8. The Balaban J connectivity index is 1.36. The van der Waals surface area contributed by atoms with Crippen LogP contribution in [-0.4, -0.2) is 67.3 Å². The Morgan fingerprint density at radius 1 is 0.982 bits per heavy atom. The molecule has 1 aliphatic rings. The molecule has 5 aromatic rings. The van der Waals surface area contributed by atoms with E-state index in [1.165, 1.54) is 0 Å². The van der Waals surface area contributed by atoms with E-state index in [-0.39, 0.29) is 18.0 Å². The molecule has 0 saturated carbocycles. The van der Waals surface area contributed by atoms with Crippen molar-refractivity contribution in [3.8, 4) is 16.9 Å². The topological polar surface area (TPSA) is 122 Å².